The van der Waals surface area contributed by atoms with Crippen LogP contribution in [0.5, 0.6) is 0 Å². The topological polar surface area (TPSA) is 121 Å². The Bertz CT molecular complexity index is 1260. The van der Waals surface area contributed by atoms with Crippen molar-refractivity contribution < 1.29 is 4.79 Å². The average molecular weight is 491 g/mol. The number of carbonyl (C=O) groups is 1. The first-order chi connectivity index (χ1) is 17.2. The number of benzene rings is 1. The van der Waals surface area contributed by atoms with Crippen molar-refractivity contribution in [2.75, 3.05) is 42.7 Å². The van der Waals surface area contributed by atoms with Crippen LogP contribution < -0.4 is 26.8 Å². The van der Waals surface area contributed by atoms with Crippen LogP contribution in [0, 0.1) is 0 Å². The molecule has 1 saturated heterocycles. The van der Waals surface area contributed by atoms with Crippen molar-refractivity contribution in [2.45, 2.75) is 38.8 Å². The summed E-state index contributed by atoms with van der Waals surface area (Å²) in [6.07, 6.45) is 5.36. The molecule has 0 spiro atoms. The second-order valence-electron chi connectivity index (χ2n) is 9.53. The molecule has 4 rings (SSSR count). The maximum atomic E-state index is 12.8. The molecule has 4 N–H and O–H groups in total. The third-order valence-corrected chi connectivity index (χ3v) is 6.52. The Hall–Kier alpha value is -3.92. The summed E-state index contributed by atoms with van der Waals surface area (Å²) < 4.78 is 1.59. The van der Waals surface area contributed by atoms with Gasteiger partial charge in [-0.05, 0) is 77.2 Å². The third-order valence-electron chi connectivity index (χ3n) is 6.52. The fraction of sp³-hybridized carbons (Fsp3) is 0.385. The number of aromatic nitrogens is 3. The minimum absolute atomic E-state index is 0.0141. The van der Waals surface area contributed by atoms with E-state index in [1.165, 1.54) is 11.9 Å². The molecule has 1 aliphatic heterocycles. The van der Waals surface area contributed by atoms with E-state index in [4.69, 9.17) is 5.73 Å². The van der Waals surface area contributed by atoms with Crippen molar-refractivity contribution in [2.24, 2.45) is 5.73 Å². The zero-order valence-electron chi connectivity index (χ0n) is 21.2. The molecular formula is C26H34N8O2. The maximum absolute atomic E-state index is 12.8. The number of pyridine rings is 1. The van der Waals surface area contributed by atoms with Gasteiger partial charge in [-0.25, -0.2) is 4.98 Å². The quantitative estimate of drug-likeness (QED) is 0.440. The molecule has 0 saturated carbocycles. The predicted molar refractivity (Wildman–Crippen MR) is 144 cm³/mol. The van der Waals surface area contributed by atoms with Crippen LogP contribution in [0.3, 0.4) is 0 Å². The molecule has 1 aliphatic rings. The lowest BCUT2D eigenvalue weighted by Gasteiger charge is -2.36. The largest absolute Gasteiger partial charge is 0.371 e. The Labute approximate surface area is 211 Å². The number of rotatable bonds is 8. The average Bonchev–Trinajstić information content (AvgIpc) is 2.85. The molecular weight excluding hydrogens is 456 g/mol. The Morgan fingerprint density at radius 2 is 1.81 bits per heavy atom. The van der Waals surface area contributed by atoms with Crippen LogP contribution in [0.25, 0.3) is 0 Å². The van der Waals surface area contributed by atoms with Crippen LogP contribution >= 0.6 is 0 Å². The molecule has 0 atom stereocenters. The molecule has 2 aromatic heterocycles. The molecule has 1 amide bonds. The highest BCUT2D eigenvalue weighted by atomic mass is 16.1. The van der Waals surface area contributed by atoms with Crippen LogP contribution in [0.2, 0.25) is 0 Å². The smallest absolute Gasteiger partial charge is 0.274 e. The van der Waals surface area contributed by atoms with Gasteiger partial charge in [-0.1, -0.05) is 0 Å². The van der Waals surface area contributed by atoms with Crippen LogP contribution in [-0.2, 0) is 0 Å². The predicted octanol–water partition coefficient (Wildman–Crippen LogP) is 3.34. The number of nitrogens with two attached hydrogens (primary N) is 1. The normalized spacial score (nSPS) is 14.3. The van der Waals surface area contributed by atoms with Gasteiger partial charge in [0, 0.05) is 48.9 Å². The molecule has 0 unspecified atom stereocenters. The number of anilines is 5. The lowest BCUT2D eigenvalue weighted by molar-refractivity contribution is 0.100. The van der Waals surface area contributed by atoms with Crippen molar-refractivity contribution in [3.63, 3.8) is 0 Å². The molecule has 10 heteroatoms. The van der Waals surface area contributed by atoms with Gasteiger partial charge < -0.3 is 30.7 Å². The van der Waals surface area contributed by atoms with Gasteiger partial charge >= 0.3 is 0 Å². The summed E-state index contributed by atoms with van der Waals surface area (Å²) in [6.45, 7) is 5.90. The lowest BCUT2D eigenvalue weighted by atomic mass is 10.0. The second-order valence-corrected chi connectivity index (χ2v) is 9.53. The van der Waals surface area contributed by atoms with E-state index in [1.807, 2.05) is 26.0 Å². The van der Waals surface area contributed by atoms with E-state index in [0.717, 1.165) is 31.6 Å². The minimum Gasteiger partial charge on any atom is -0.371 e. The summed E-state index contributed by atoms with van der Waals surface area (Å²) in [5, 5.41) is 6.14. The highest BCUT2D eigenvalue weighted by Gasteiger charge is 2.21. The molecule has 190 valence electrons. The molecule has 3 heterocycles. The molecule has 0 aliphatic carbocycles. The van der Waals surface area contributed by atoms with Gasteiger partial charge in [0.1, 0.15) is 17.1 Å². The molecule has 3 aromatic rings. The van der Waals surface area contributed by atoms with Crippen molar-refractivity contribution >= 4 is 34.7 Å². The van der Waals surface area contributed by atoms with Crippen LogP contribution in [0.1, 0.15) is 43.1 Å². The van der Waals surface area contributed by atoms with Crippen molar-refractivity contribution in [3.05, 3.63) is 64.7 Å². The second kappa shape index (κ2) is 10.8. The van der Waals surface area contributed by atoms with Gasteiger partial charge in [0.25, 0.3) is 11.5 Å². The Balaban J connectivity index is 1.51. The zero-order valence-corrected chi connectivity index (χ0v) is 21.2. The van der Waals surface area contributed by atoms with E-state index >= 15 is 0 Å². The number of nitrogens with one attached hydrogen (secondary N) is 2. The Morgan fingerprint density at radius 3 is 2.42 bits per heavy atom. The lowest BCUT2D eigenvalue weighted by Crippen LogP contribution is -2.41. The first-order valence-electron chi connectivity index (χ1n) is 12.2. The summed E-state index contributed by atoms with van der Waals surface area (Å²) in [7, 11) is 4.28. The van der Waals surface area contributed by atoms with Crippen LogP contribution in [-0.4, -0.2) is 58.6 Å². The molecule has 1 fully saturated rings. The molecule has 0 bridgehead atoms. The van der Waals surface area contributed by atoms with E-state index in [2.05, 4.69) is 56.6 Å². The van der Waals surface area contributed by atoms with Crippen LogP contribution in [0.15, 0.2) is 53.6 Å². The van der Waals surface area contributed by atoms with E-state index in [0.29, 0.717) is 11.7 Å². The Morgan fingerprint density at radius 1 is 1.11 bits per heavy atom. The summed E-state index contributed by atoms with van der Waals surface area (Å²) in [4.78, 5) is 38.2. The highest BCUT2D eigenvalue weighted by molar-refractivity contribution is 5.98. The van der Waals surface area contributed by atoms with Gasteiger partial charge in [-0.15, -0.1) is 0 Å². The van der Waals surface area contributed by atoms with E-state index in [1.54, 1.807) is 22.9 Å². The number of piperidine rings is 1. The molecule has 1 aromatic carbocycles. The summed E-state index contributed by atoms with van der Waals surface area (Å²) in [5.41, 5.74) is 7.68. The zero-order chi connectivity index (χ0) is 25.8. The van der Waals surface area contributed by atoms with E-state index in [-0.39, 0.29) is 28.9 Å². The molecule has 10 nitrogen and oxygen atoms in total. The molecule has 0 radical (unpaired) electrons. The first kappa shape index (κ1) is 25.2. The maximum Gasteiger partial charge on any atom is 0.274 e. The van der Waals surface area contributed by atoms with Gasteiger partial charge in [-0.3, -0.25) is 9.59 Å². The summed E-state index contributed by atoms with van der Waals surface area (Å²) in [6, 6.07) is 12.1. The fourth-order valence-corrected chi connectivity index (χ4v) is 4.38. The Kier molecular flexibility index (Phi) is 7.54. The van der Waals surface area contributed by atoms with E-state index in [9.17, 15) is 9.59 Å². The number of hydrogen-bond acceptors (Lipinski definition) is 8. The van der Waals surface area contributed by atoms with Gasteiger partial charge in [-0.2, -0.15) is 4.98 Å². The third kappa shape index (κ3) is 5.65. The van der Waals surface area contributed by atoms with Crippen molar-refractivity contribution in [1.29, 1.82) is 0 Å². The van der Waals surface area contributed by atoms with Gasteiger partial charge in [0.2, 0.25) is 5.95 Å². The fourth-order valence-electron chi connectivity index (χ4n) is 4.38. The van der Waals surface area contributed by atoms with Crippen LogP contribution in [0.4, 0.5) is 28.8 Å². The SMILES string of the molecule is CC(C)n1cccc(Nc2nc(Nc3ccc(N4CCC(N(C)C)CC4)cc3)ncc2C(N)=O)c1=O. The number of nitrogens with zero attached hydrogens (tertiary/aromatic N) is 5. The monoisotopic (exact) mass is 490 g/mol. The van der Waals surface area contributed by atoms with Crippen molar-refractivity contribution in [3.8, 4) is 0 Å². The van der Waals surface area contributed by atoms with Gasteiger partial charge in [0.05, 0.1) is 0 Å². The summed E-state index contributed by atoms with van der Waals surface area (Å²) in [5.74, 6) is -0.243. The minimum atomic E-state index is -0.688. The molecule has 36 heavy (non-hydrogen) atoms. The van der Waals surface area contributed by atoms with E-state index < -0.39 is 5.91 Å². The number of hydrogen-bond donors (Lipinski definition) is 3. The number of carbonyl (C=O) groups excluding carboxylic acids is 1. The standard InChI is InChI=1S/C26H34N8O2/c1-17(2)34-13-5-6-22(25(34)36)30-24-21(23(27)35)16-28-26(31-24)29-18-7-9-20(10-8-18)33-14-11-19(12-15-33)32(3)4/h5-10,13,16-17,19H,11-12,14-15H2,1-4H3,(H2,27,35)(H2,28,29,30,31). The summed E-state index contributed by atoms with van der Waals surface area (Å²) >= 11 is 0. The number of amides is 1. The first-order valence-corrected chi connectivity index (χ1v) is 12.2. The van der Waals surface area contributed by atoms with Gasteiger partial charge in [0.15, 0.2) is 0 Å². The van der Waals surface area contributed by atoms with Crippen molar-refractivity contribution in [1.82, 2.24) is 19.4 Å². The number of primary amides is 1. The highest BCUT2D eigenvalue weighted by Crippen LogP contribution is 2.25.